The molecule has 0 aromatic heterocycles. The first kappa shape index (κ1) is 13.2. The van der Waals surface area contributed by atoms with E-state index in [4.69, 9.17) is 28.9 Å². The van der Waals surface area contributed by atoms with E-state index in [0.717, 1.165) is 24.6 Å². The van der Waals surface area contributed by atoms with Crippen LogP contribution < -0.4 is 5.73 Å². The average Bonchev–Trinajstić information content (AvgIpc) is 2.70. The molecule has 2 unspecified atom stereocenters. The highest BCUT2D eigenvalue weighted by Crippen LogP contribution is 2.35. The van der Waals surface area contributed by atoms with Gasteiger partial charge in [-0.05, 0) is 31.0 Å². The number of halogens is 2. The summed E-state index contributed by atoms with van der Waals surface area (Å²) in [5.41, 5.74) is 6.89. The molecule has 0 bridgehead atoms. The van der Waals surface area contributed by atoms with Gasteiger partial charge in [-0.2, -0.15) is 0 Å². The summed E-state index contributed by atoms with van der Waals surface area (Å²) in [7, 11) is 0. The van der Waals surface area contributed by atoms with Crippen molar-refractivity contribution in [2.45, 2.75) is 19.4 Å². The largest absolute Gasteiger partial charge is 0.329 e. The molecule has 2 N–H and O–H groups in total. The standard InChI is InChI=1S/C13H18Cl2N2/c1-9-5-6-17(8-9)12(7-16)13-10(14)3-2-4-11(13)15/h2-4,9,12H,5-8,16H2,1H3. The Hall–Kier alpha value is -0.280. The molecule has 1 fully saturated rings. The number of likely N-dealkylation sites (tertiary alicyclic amines) is 1. The molecule has 1 aliphatic rings. The molecule has 4 heteroatoms. The molecule has 2 rings (SSSR count). The molecule has 0 saturated carbocycles. The molecule has 94 valence electrons. The van der Waals surface area contributed by atoms with Gasteiger partial charge in [-0.15, -0.1) is 0 Å². The molecule has 2 nitrogen and oxygen atoms in total. The van der Waals surface area contributed by atoms with Crippen molar-refractivity contribution in [3.8, 4) is 0 Å². The van der Waals surface area contributed by atoms with Crippen LogP contribution in [0.1, 0.15) is 24.9 Å². The Balaban J connectivity index is 2.29. The van der Waals surface area contributed by atoms with Crippen LogP contribution in [-0.2, 0) is 0 Å². The molecule has 1 aromatic carbocycles. The predicted octanol–water partition coefficient (Wildman–Crippen LogP) is 3.34. The summed E-state index contributed by atoms with van der Waals surface area (Å²) in [5.74, 6) is 0.727. The van der Waals surface area contributed by atoms with E-state index in [1.807, 2.05) is 18.2 Å². The number of rotatable bonds is 3. The monoisotopic (exact) mass is 272 g/mol. The van der Waals surface area contributed by atoms with Crippen molar-refractivity contribution in [2.24, 2.45) is 11.7 Å². The first-order valence-electron chi connectivity index (χ1n) is 6.01. The average molecular weight is 273 g/mol. The van der Waals surface area contributed by atoms with Crippen molar-refractivity contribution in [2.75, 3.05) is 19.6 Å². The second-order valence-corrected chi connectivity index (χ2v) is 5.59. The number of nitrogens with two attached hydrogens (primary N) is 1. The van der Waals surface area contributed by atoms with Gasteiger partial charge in [0.15, 0.2) is 0 Å². The first-order chi connectivity index (χ1) is 8.13. The Morgan fingerprint density at radius 1 is 1.41 bits per heavy atom. The molecule has 0 radical (unpaired) electrons. The van der Waals surface area contributed by atoms with Gasteiger partial charge in [0.1, 0.15) is 0 Å². The highest BCUT2D eigenvalue weighted by molar-refractivity contribution is 6.36. The lowest BCUT2D eigenvalue weighted by atomic mass is 10.1. The molecule has 0 aliphatic carbocycles. The van der Waals surface area contributed by atoms with Crippen LogP contribution in [0.25, 0.3) is 0 Å². The van der Waals surface area contributed by atoms with Crippen molar-refractivity contribution in [1.82, 2.24) is 4.90 Å². The Morgan fingerprint density at radius 2 is 2.06 bits per heavy atom. The van der Waals surface area contributed by atoms with E-state index in [2.05, 4.69) is 11.8 Å². The summed E-state index contributed by atoms with van der Waals surface area (Å²) >= 11 is 12.5. The highest BCUT2D eigenvalue weighted by atomic mass is 35.5. The quantitative estimate of drug-likeness (QED) is 0.915. The van der Waals surface area contributed by atoms with Gasteiger partial charge in [0.05, 0.1) is 0 Å². The lowest BCUT2D eigenvalue weighted by molar-refractivity contribution is 0.244. The van der Waals surface area contributed by atoms with E-state index in [-0.39, 0.29) is 6.04 Å². The Kier molecular flexibility index (Phi) is 4.31. The first-order valence-corrected chi connectivity index (χ1v) is 6.77. The molecular weight excluding hydrogens is 255 g/mol. The number of hydrogen-bond donors (Lipinski definition) is 1. The number of nitrogens with zero attached hydrogens (tertiary/aromatic N) is 1. The van der Waals surface area contributed by atoms with Crippen molar-refractivity contribution < 1.29 is 0 Å². The van der Waals surface area contributed by atoms with Gasteiger partial charge in [-0.1, -0.05) is 36.2 Å². The third-order valence-electron chi connectivity index (χ3n) is 3.45. The van der Waals surface area contributed by atoms with Crippen molar-refractivity contribution in [3.05, 3.63) is 33.8 Å². The van der Waals surface area contributed by atoms with Crippen molar-refractivity contribution in [3.63, 3.8) is 0 Å². The molecule has 0 amide bonds. The highest BCUT2D eigenvalue weighted by Gasteiger charge is 2.28. The van der Waals surface area contributed by atoms with Crippen LogP contribution in [0.2, 0.25) is 10.0 Å². The third-order valence-corrected chi connectivity index (χ3v) is 4.11. The van der Waals surface area contributed by atoms with Crippen LogP contribution >= 0.6 is 23.2 Å². The number of benzene rings is 1. The van der Waals surface area contributed by atoms with Gasteiger partial charge in [0, 0.05) is 34.7 Å². The van der Waals surface area contributed by atoms with Crippen LogP contribution in [0, 0.1) is 5.92 Å². The van der Waals surface area contributed by atoms with Crippen LogP contribution in [0.15, 0.2) is 18.2 Å². The van der Waals surface area contributed by atoms with Crippen LogP contribution in [0.3, 0.4) is 0 Å². The maximum atomic E-state index is 6.25. The molecule has 17 heavy (non-hydrogen) atoms. The number of hydrogen-bond acceptors (Lipinski definition) is 2. The molecule has 1 aromatic rings. The summed E-state index contributed by atoms with van der Waals surface area (Å²) in [6.07, 6.45) is 1.22. The van der Waals surface area contributed by atoms with Crippen LogP contribution in [0.4, 0.5) is 0 Å². The summed E-state index contributed by atoms with van der Waals surface area (Å²) in [5, 5.41) is 1.43. The molecule has 2 atom stereocenters. The summed E-state index contributed by atoms with van der Waals surface area (Å²) in [6, 6.07) is 5.77. The summed E-state index contributed by atoms with van der Waals surface area (Å²) in [4.78, 5) is 2.39. The summed E-state index contributed by atoms with van der Waals surface area (Å²) in [6.45, 7) is 4.96. The Morgan fingerprint density at radius 3 is 2.53 bits per heavy atom. The maximum absolute atomic E-state index is 6.25. The van der Waals surface area contributed by atoms with E-state index in [0.29, 0.717) is 16.6 Å². The Bertz CT molecular complexity index is 375. The summed E-state index contributed by atoms with van der Waals surface area (Å²) < 4.78 is 0. The maximum Gasteiger partial charge on any atom is 0.0500 e. The smallest absolute Gasteiger partial charge is 0.0500 e. The van der Waals surface area contributed by atoms with Gasteiger partial charge in [0.2, 0.25) is 0 Å². The lowest BCUT2D eigenvalue weighted by Gasteiger charge is -2.28. The van der Waals surface area contributed by atoms with Gasteiger partial charge >= 0.3 is 0 Å². The minimum absolute atomic E-state index is 0.140. The minimum Gasteiger partial charge on any atom is -0.329 e. The van der Waals surface area contributed by atoms with Gasteiger partial charge in [0.25, 0.3) is 0 Å². The molecule has 1 saturated heterocycles. The van der Waals surface area contributed by atoms with E-state index >= 15 is 0 Å². The molecule has 1 aliphatic heterocycles. The predicted molar refractivity (Wildman–Crippen MR) is 73.6 cm³/mol. The van der Waals surface area contributed by atoms with Crippen molar-refractivity contribution >= 4 is 23.2 Å². The fourth-order valence-corrected chi connectivity index (χ4v) is 3.18. The van der Waals surface area contributed by atoms with Crippen LogP contribution in [-0.4, -0.2) is 24.5 Å². The lowest BCUT2D eigenvalue weighted by Crippen LogP contribution is -2.32. The molecule has 0 spiro atoms. The van der Waals surface area contributed by atoms with Gasteiger partial charge in [-0.3, -0.25) is 4.90 Å². The zero-order valence-electron chi connectivity index (χ0n) is 10.00. The third kappa shape index (κ3) is 2.76. The van der Waals surface area contributed by atoms with Gasteiger partial charge in [-0.25, -0.2) is 0 Å². The van der Waals surface area contributed by atoms with Gasteiger partial charge < -0.3 is 5.73 Å². The zero-order valence-corrected chi connectivity index (χ0v) is 11.5. The van der Waals surface area contributed by atoms with Crippen LogP contribution in [0.5, 0.6) is 0 Å². The fraction of sp³-hybridized carbons (Fsp3) is 0.538. The Labute approximate surface area is 113 Å². The van der Waals surface area contributed by atoms with E-state index in [1.54, 1.807) is 0 Å². The van der Waals surface area contributed by atoms with E-state index in [1.165, 1.54) is 6.42 Å². The normalized spacial score (nSPS) is 22.9. The SMILES string of the molecule is CC1CCN(C(CN)c2c(Cl)cccc2Cl)C1. The minimum atomic E-state index is 0.140. The molecule has 1 heterocycles. The van der Waals surface area contributed by atoms with E-state index < -0.39 is 0 Å². The fourth-order valence-electron chi connectivity index (χ4n) is 2.53. The second-order valence-electron chi connectivity index (χ2n) is 4.78. The zero-order chi connectivity index (χ0) is 12.4. The topological polar surface area (TPSA) is 29.3 Å². The van der Waals surface area contributed by atoms with Crippen molar-refractivity contribution in [1.29, 1.82) is 0 Å². The van der Waals surface area contributed by atoms with E-state index in [9.17, 15) is 0 Å². The second kappa shape index (κ2) is 5.57. The molecular formula is C13H18Cl2N2.